The molecule has 2 rings (SSSR count). The summed E-state index contributed by atoms with van der Waals surface area (Å²) in [6, 6.07) is 7.67. The van der Waals surface area contributed by atoms with Gasteiger partial charge in [-0.3, -0.25) is 4.98 Å². The zero-order valence-corrected chi connectivity index (χ0v) is 12.6. The molecule has 0 spiro atoms. The molecule has 1 unspecified atom stereocenters. The number of pyridine rings is 1. The van der Waals surface area contributed by atoms with Gasteiger partial charge in [0.05, 0.1) is 15.1 Å². The molecule has 1 heterocycles. The summed E-state index contributed by atoms with van der Waals surface area (Å²) in [6.07, 6.45) is 4.16. The van der Waals surface area contributed by atoms with Gasteiger partial charge in [-0.05, 0) is 42.8 Å². The van der Waals surface area contributed by atoms with E-state index in [0.717, 1.165) is 17.5 Å². The highest BCUT2D eigenvalue weighted by Crippen LogP contribution is 2.28. The van der Waals surface area contributed by atoms with E-state index in [4.69, 9.17) is 34.8 Å². The summed E-state index contributed by atoms with van der Waals surface area (Å²) < 4.78 is 0. The van der Waals surface area contributed by atoms with Gasteiger partial charge in [0.15, 0.2) is 0 Å². The molecule has 0 saturated carbocycles. The van der Waals surface area contributed by atoms with Crippen LogP contribution in [0.3, 0.4) is 0 Å². The molecule has 0 saturated heterocycles. The zero-order chi connectivity index (χ0) is 13.8. The molecule has 0 amide bonds. The summed E-state index contributed by atoms with van der Waals surface area (Å²) >= 11 is 18.1. The van der Waals surface area contributed by atoms with Crippen molar-refractivity contribution in [3.63, 3.8) is 0 Å². The first-order valence-corrected chi connectivity index (χ1v) is 6.96. The SMILES string of the molecule is CNC(Cc1ccc(Cl)c(Cl)c1)c1ccncc1Cl. The number of hydrogen-bond donors (Lipinski definition) is 1. The van der Waals surface area contributed by atoms with E-state index in [1.807, 2.05) is 25.2 Å². The van der Waals surface area contributed by atoms with Crippen molar-refractivity contribution >= 4 is 34.8 Å². The van der Waals surface area contributed by atoms with Crippen molar-refractivity contribution in [1.82, 2.24) is 10.3 Å². The fraction of sp³-hybridized carbons (Fsp3) is 0.214. The number of rotatable bonds is 4. The summed E-state index contributed by atoms with van der Waals surface area (Å²) in [5, 5.41) is 5.04. The Morgan fingerprint density at radius 2 is 1.89 bits per heavy atom. The van der Waals surface area contributed by atoms with Crippen molar-refractivity contribution < 1.29 is 0 Å². The van der Waals surface area contributed by atoms with Gasteiger partial charge < -0.3 is 5.32 Å². The summed E-state index contributed by atoms with van der Waals surface area (Å²) in [4.78, 5) is 4.00. The predicted octanol–water partition coefficient (Wildman–Crippen LogP) is 4.55. The van der Waals surface area contributed by atoms with Crippen LogP contribution in [0.4, 0.5) is 0 Å². The molecule has 5 heteroatoms. The summed E-state index contributed by atoms with van der Waals surface area (Å²) in [6.45, 7) is 0. The van der Waals surface area contributed by atoms with Crippen LogP contribution in [0.2, 0.25) is 15.1 Å². The number of nitrogens with one attached hydrogen (secondary N) is 1. The number of benzene rings is 1. The molecule has 0 fully saturated rings. The van der Waals surface area contributed by atoms with E-state index in [1.54, 1.807) is 18.5 Å². The molecule has 100 valence electrons. The van der Waals surface area contributed by atoms with Crippen LogP contribution in [-0.2, 0) is 6.42 Å². The average molecular weight is 316 g/mol. The normalized spacial score (nSPS) is 12.4. The molecule has 1 atom stereocenters. The van der Waals surface area contributed by atoms with Crippen molar-refractivity contribution in [3.05, 3.63) is 62.9 Å². The van der Waals surface area contributed by atoms with Gasteiger partial charge in [-0.1, -0.05) is 40.9 Å². The standard InChI is InChI=1S/C14H13Cl3N2/c1-18-14(10-4-5-19-8-13(10)17)7-9-2-3-11(15)12(16)6-9/h2-6,8,14,18H,7H2,1H3. The Hall–Kier alpha value is -0.800. The van der Waals surface area contributed by atoms with Gasteiger partial charge in [-0.15, -0.1) is 0 Å². The van der Waals surface area contributed by atoms with Gasteiger partial charge in [-0.25, -0.2) is 0 Å². The summed E-state index contributed by atoms with van der Waals surface area (Å²) in [7, 11) is 1.90. The highest BCUT2D eigenvalue weighted by Gasteiger charge is 2.14. The smallest absolute Gasteiger partial charge is 0.0637 e. The highest BCUT2D eigenvalue weighted by molar-refractivity contribution is 6.42. The molecule has 1 aromatic heterocycles. The highest BCUT2D eigenvalue weighted by atomic mass is 35.5. The van der Waals surface area contributed by atoms with E-state index in [9.17, 15) is 0 Å². The second-order valence-electron chi connectivity index (χ2n) is 4.19. The quantitative estimate of drug-likeness (QED) is 0.895. The molecule has 2 nitrogen and oxygen atoms in total. The second kappa shape index (κ2) is 6.58. The molecule has 0 bridgehead atoms. The van der Waals surface area contributed by atoms with E-state index < -0.39 is 0 Å². The lowest BCUT2D eigenvalue weighted by Crippen LogP contribution is -2.19. The minimum Gasteiger partial charge on any atom is -0.313 e. The van der Waals surface area contributed by atoms with Gasteiger partial charge in [0, 0.05) is 18.4 Å². The zero-order valence-electron chi connectivity index (χ0n) is 10.3. The molecule has 0 aliphatic heterocycles. The van der Waals surface area contributed by atoms with E-state index in [2.05, 4.69) is 10.3 Å². The van der Waals surface area contributed by atoms with Crippen LogP contribution in [0.5, 0.6) is 0 Å². The Bertz CT molecular complexity index is 572. The van der Waals surface area contributed by atoms with Crippen LogP contribution in [0.25, 0.3) is 0 Å². The van der Waals surface area contributed by atoms with Gasteiger partial charge in [-0.2, -0.15) is 0 Å². The summed E-state index contributed by atoms with van der Waals surface area (Å²) in [5.74, 6) is 0. The predicted molar refractivity (Wildman–Crippen MR) is 81.2 cm³/mol. The third kappa shape index (κ3) is 3.61. The van der Waals surface area contributed by atoms with Crippen LogP contribution >= 0.6 is 34.8 Å². The minimum atomic E-state index is 0.104. The van der Waals surface area contributed by atoms with Crippen molar-refractivity contribution in [1.29, 1.82) is 0 Å². The maximum Gasteiger partial charge on any atom is 0.0637 e. The molecule has 1 aromatic carbocycles. The lowest BCUT2D eigenvalue weighted by Gasteiger charge is -2.18. The van der Waals surface area contributed by atoms with Gasteiger partial charge >= 0.3 is 0 Å². The molecular formula is C14H13Cl3N2. The van der Waals surface area contributed by atoms with Crippen LogP contribution in [0.15, 0.2) is 36.7 Å². The molecule has 0 radical (unpaired) electrons. The van der Waals surface area contributed by atoms with Crippen molar-refractivity contribution in [2.45, 2.75) is 12.5 Å². The number of aromatic nitrogens is 1. The lowest BCUT2D eigenvalue weighted by atomic mass is 10.00. The van der Waals surface area contributed by atoms with Crippen LogP contribution in [0, 0.1) is 0 Å². The number of halogens is 3. The van der Waals surface area contributed by atoms with Crippen LogP contribution < -0.4 is 5.32 Å². The van der Waals surface area contributed by atoms with Gasteiger partial charge in [0.25, 0.3) is 0 Å². The lowest BCUT2D eigenvalue weighted by molar-refractivity contribution is 0.591. The number of likely N-dealkylation sites (N-methyl/N-ethyl adjacent to an activating group) is 1. The Morgan fingerprint density at radius 3 is 2.53 bits per heavy atom. The van der Waals surface area contributed by atoms with E-state index in [-0.39, 0.29) is 6.04 Å². The topological polar surface area (TPSA) is 24.9 Å². The van der Waals surface area contributed by atoms with E-state index >= 15 is 0 Å². The van der Waals surface area contributed by atoms with Crippen LogP contribution in [-0.4, -0.2) is 12.0 Å². The number of hydrogen-bond acceptors (Lipinski definition) is 2. The van der Waals surface area contributed by atoms with E-state index in [1.165, 1.54) is 0 Å². The molecule has 0 aliphatic rings. The minimum absolute atomic E-state index is 0.104. The molecule has 19 heavy (non-hydrogen) atoms. The second-order valence-corrected chi connectivity index (χ2v) is 5.41. The maximum absolute atomic E-state index is 6.17. The van der Waals surface area contributed by atoms with Gasteiger partial charge in [0.1, 0.15) is 0 Å². The largest absolute Gasteiger partial charge is 0.313 e. The Kier molecular flexibility index (Phi) is 5.06. The molecule has 0 aliphatic carbocycles. The van der Waals surface area contributed by atoms with Gasteiger partial charge in [0.2, 0.25) is 0 Å². The average Bonchev–Trinajstić information content (AvgIpc) is 2.41. The first-order chi connectivity index (χ1) is 9.11. The Morgan fingerprint density at radius 1 is 1.11 bits per heavy atom. The van der Waals surface area contributed by atoms with Crippen molar-refractivity contribution in [3.8, 4) is 0 Å². The summed E-state index contributed by atoms with van der Waals surface area (Å²) in [5.41, 5.74) is 2.12. The Labute approximate surface area is 127 Å². The van der Waals surface area contributed by atoms with E-state index in [0.29, 0.717) is 15.1 Å². The molecule has 2 aromatic rings. The number of nitrogens with zero attached hydrogens (tertiary/aromatic N) is 1. The fourth-order valence-corrected chi connectivity index (χ4v) is 2.51. The third-order valence-electron chi connectivity index (χ3n) is 2.95. The maximum atomic E-state index is 6.17. The fourth-order valence-electron chi connectivity index (χ4n) is 1.94. The third-order valence-corrected chi connectivity index (χ3v) is 4.01. The first kappa shape index (κ1) is 14.6. The van der Waals surface area contributed by atoms with Crippen LogP contribution in [0.1, 0.15) is 17.2 Å². The molecular weight excluding hydrogens is 303 g/mol. The Balaban J connectivity index is 2.24. The van der Waals surface area contributed by atoms with Crippen molar-refractivity contribution in [2.75, 3.05) is 7.05 Å². The molecule has 1 N–H and O–H groups in total. The first-order valence-electron chi connectivity index (χ1n) is 5.82. The van der Waals surface area contributed by atoms with Crippen molar-refractivity contribution in [2.24, 2.45) is 0 Å². The monoisotopic (exact) mass is 314 g/mol.